The molecule has 0 atom stereocenters. The van der Waals surface area contributed by atoms with Gasteiger partial charge < -0.3 is 5.32 Å². The highest BCUT2D eigenvalue weighted by molar-refractivity contribution is 7.80. The molecular weight excluding hydrogens is 242 g/mol. The Hall–Kier alpha value is -1.16. The van der Waals surface area contributed by atoms with E-state index in [2.05, 4.69) is 35.4 Å². The molecule has 0 saturated heterocycles. The Morgan fingerprint density at radius 1 is 1.56 bits per heavy atom. The van der Waals surface area contributed by atoms with E-state index in [0.717, 1.165) is 25.0 Å². The minimum Gasteiger partial charge on any atom is -0.358 e. The number of thiocarbonyl (C=S) groups is 1. The molecule has 0 unspecified atom stereocenters. The van der Waals surface area contributed by atoms with Gasteiger partial charge in [-0.05, 0) is 43.5 Å². The first-order chi connectivity index (χ1) is 8.77. The summed E-state index contributed by atoms with van der Waals surface area (Å²) < 4.78 is 0. The largest absolute Gasteiger partial charge is 0.358 e. The zero-order chi connectivity index (χ0) is 13.2. The molecule has 3 nitrogen and oxygen atoms in total. The van der Waals surface area contributed by atoms with Crippen LogP contribution in [0, 0.1) is 0 Å². The smallest absolute Gasteiger partial charge is 0.187 e. The summed E-state index contributed by atoms with van der Waals surface area (Å²) in [4.78, 5) is 0. The molecule has 0 heterocycles. The minimum absolute atomic E-state index is 0.558. The van der Waals surface area contributed by atoms with Gasteiger partial charge in [0.15, 0.2) is 5.11 Å². The number of allylic oxidation sites excluding steroid dienone is 2. The lowest BCUT2D eigenvalue weighted by Crippen LogP contribution is -2.32. The minimum atomic E-state index is 0.558. The Morgan fingerprint density at radius 2 is 2.39 bits per heavy atom. The van der Waals surface area contributed by atoms with E-state index >= 15 is 0 Å². The first-order valence-electron chi connectivity index (χ1n) is 6.68. The second-order valence-corrected chi connectivity index (χ2v) is 4.80. The fourth-order valence-corrected chi connectivity index (χ4v) is 2.05. The summed E-state index contributed by atoms with van der Waals surface area (Å²) in [5, 5.41) is 7.95. The van der Waals surface area contributed by atoms with E-state index in [4.69, 9.17) is 12.2 Å². The molecule has 0 saturated carbocycles. The number of hydrazone groups is 1. The highest BCUT2D eigenvalue weighted by atomic mass is 32.1. The fraction of sp³-hybridized carbons (Fsp3) is 0.571. The van der Waals surface area contributed by atoms with Gasteiger partial charge in [-0.25, -0.2) is 0 Å². The zero-order valence-electron chi connectivity index (χ0n) is 11.2. The molecule has 0 aromatic heterocycles. The molecule has 0 fully saturated rings. The van der Waals surface area contributed by atoms with Crippen molar-refractivity contribution >= 4 is 23.0 Å². The van der Waals surface area contributed by atoms with Crippen LogP contribution in [0.15, 0.2) is 29.4 Å². The third kappa shape index (κ3) is 5.45. The average molecular weight is 265 g/mol. The Bertz CT molecular complexity index is 345. The maximum absolute atomic E-state index is 5.10. The molecular formula is C14H23N3S. The number of nitrogens with one attached hydrogen (secondary N) is 2. The molecule has 0 spiro atoms. The van der Waals surface area contributed by atoms with E-state index in [1.54, 1.807) is 6.08 Å². The Labute approximate surface area is 115 Å². The Balaban J connectivity index is 2.37. The normalized spacial score (nSPS) is 16.5. The van der Waals surface area contributed by atoms with Crippen molar-refractivity contribution in [3.05, 3.63) is 24.3 Å². The third-order valence-electron chi connectivity index (χ3n) is 2.89. The maximum Gasteiger partial charge on any atom is 0.187 e. The molecule has 0 bridgehead atoms. The van der Waals surface area contributed by atoms with Gasteiger partial charge in [0.25, 0.3) is 0 Å². The number of rotatable bonds is 7. The SMILES string of the molecule is C=CCNC(=S)NN=C1CCC=C1CCCCC. The van der Waals surface area contributed by atoms with Gasteiger partial charge in [0.2, 0.25) is 0 Å². The standard InChI is InChI=1S/C14H23N3S/c1-3-5-6-8-12-9-7-10-13(12)16-17-14(18)15-11-4-2/h4,9H,2-3,5-8,10-11H2,1H3,(H2,15,17,18). The van der Waals surface area contributed by atoms with Crippen LogP contribution < -0.4 is 10.7 Å². The van der Waals surface area contributed by atoms with Gasteiger partial charge in [0.1, 0.15) is 0 Å². The van der Waals surface area contributed by atoms with Crippen LogP contribution in [0.1, 0.15) is 45.4 Å². The van der Waals surface area contributed by atoms with Crippen molar-refractivity contribution in [1.82, 2.24) is 10.7 Å². The van der Waals surface area contributed by atoms with E-state index in [1.165, 1.54) is 24.8 Å². The second-order valence-electron chi connectivity index (χ2n) is 4.39. The summed E-state index contributed by atoms with van der Waals surface area (Å²) >= 11 is 5.10. The van der Waals surface area contributed by atoms with Crippen molar-refractivity contribution in [2.45, 2.75) is 45.4 Å². The van der Waals surface area contributed by atoms with Crippen LogP contribution in [-0.2, 0) is 0 Å². The predicted octanol–water partition coefficient (Wildman–Crippen LogP) is 3.29. The zero-order valence-corrected chi connectivity index (χ0v) is 12.0. The maximum atomic E-state index is 5.10. The molecule has 0 aromatic rings. The molecule has 0 aliphatic heterocycles. The molecule has 4 heteroatoms. The van der Waals surface area contributed by atoms with E-state index in [0.29, 0.717) is 11.7 Å². The topological polar surface area (TPSA) is 36.4 Å². The van der Waals surface area contributed by atoms with Gasteiger partial charge in [0.05, 0.1) is 5.71 Å². The van der Waals surface area contributed by atoms with Crippen LogP contribution >= 0.6 is 12.2 Å². The molecule has 0 radical (unpaired) electrons. The summed E-state index contributed by atoms with van der Waals surface area (Å²) in [5.74, 6) is 0. The van der Waals surface area contributed by atoms with E-state index in [9.17, 15) is 0 Å². The monoisotopic (exact) mass is 265 g/mol. The van der Waals surface area contributed by atoms with Crippen LogP contribution in [-0.4, -0.2) is 17.4 Å². The molecule has 1 aliphatic carbocycles. The van der Waals surface area contributed by atoms with E-state index in [1.807, 2.05) is 0 Å². The van der Waals surface area contributed by atoms with E-state index in [-0.39, 0.29) is 0 Å². The summed E-state index contributed by atoms with van der Waals surface area (Å²) in [6.45, 7) is 6.52. The summed E-state index contributed by atoms with van der Waals surface area (Å²) in [5.41, 5.74) is 5.45. The molecule has 1 aliphatic rings. The second kappa shape index (κ2) is 8.86. The van der Waals surface area contributed by atoms with Crippen molar-refractivity contribution in [2.24, 2.45) is 5.10 Å². The molecule has 0 amide bonds. The van der Waals surface area contributed by atoms with Crippen LogP contribution in [0.4, 0.5) is 0 Å². The van der Waals surface area contributed by atoms with Crippen molar-refractivity contribution < 1.29 is 0 Å². The Kier molecular flexibility index (Phi) is 7.34. The number of hydrogen-bond acceptors (Lipinski definition) is 2. The van der Waals surface area contributed by atoms with Gasteiger partial charge >= 0.3 is 0 Å². The summed E-state index contributed by atoms with van der Waals surface area (Å²) in [6.07, 6.45) is 11.1. The summed E-state index contributed by atoms with van der Waals surface area (Å²) in [6, 6.07) is 0. The van der Waals surface area contributed by atoms with Crippen molar-refractivity contribution in [2.75, 3.05) is 6.54 Å². The van der Waals surface area contributed by atoms with Crippen molar-refractivity contribution in [1.29, 1.82) is 0 Å². The first kappa shape index (κ1) is 14.9. The van der Waals surface area contributed by atoms with E-state index < -0.39 is 0 Å². The quantitative estimate of drug-likeness (QED) is 0.321. The van der Waals surface area contributed by atoms with Crippen molar-refractivity contribution in [3.63, 3.8) is 0 Å². The number of hydrogen-bond donors (Lipinski definition) is 2. The van der Waals surface area contributed by atoms with Crippen LogP contribution in [0.25, 0.3) is 0 Å². The van der Waals surface area contributed by atoms with Gasteiger partial charge in [-0.15, -0.1) is 6.58 Å². The number of unbranched alkanes of at least 4 members (excludes halogenated alkanes) is 2. The van der Waals surface area contributed by atoms with Gasteiger partial charge in [-0.3, -0.25) is 5.43 Å². The highest BCUT2D eigenvalue weighted by Crippen LogP contribution is 2.20. The third-order valence-corrected chi connectivity index (χ3v) is 3.13. The van der Waals surface area contributed by atoms with Gasteiger partial charge in [-0.2, -0.15) is 5.10 Å². The van der Waals surface area contributed by atoms with Crippen LogP contribution in [0.2, 0.25) is 0 Å². The predicted molar refractivity (Wildman–Crippen MR) is 82.8 cm³/mol. The molecule has 2 N–H and O–H groups in total. The lowest BCUT2D eigenvalue weighted by Gasteiger charge is -2.07. The molecule has 18 heavy (non-hydrogen) atoms. The highest BCUT2D eigenvalue weighted by Gasteiger charge is 2.12. The molecule has 0 aromatic carbocycles. The van der Waals surface area contributed by atoms with Crippen LogP contribution in [0.3, 0.4) is 0 Å². The molecule has 100 valence electrons. The Morgan fingerprint density at radius 3 is 3.11 bits per heavy atom. The molecule has 1 rings (SSSR count). The summed E-state index contributed by atoms with van der Waals surface area (Å²) in [7, 11) is 0. The number of nitrogens with zero attached hydrogens (tertiary/aromatic N) is 1. The average Bonchev–Trinajstić information content (AvgIpc) is 2.82. The van der Waals surface area contributed by atoms with Crippen LogP contribution in [0.5, 0.6) is 0 Å². The lowest BCUT2D eigenvalue weighted by atomic mass is 10.1. The van der Waals surface area contributed by atoms with Crippen molar-refractivity contribution in [3.8, 4) is 0 Å². The fourth-order valence-electron chi connectivity index (χ4n) is 1.92. The van der Waals surface area contributed by atoms with Gasteiger partial charge in [-0.1, -0.05) is 31.9 Å². The first-order valence-corrected chi connectivity index (χ1v) is 7.09. The van der Waals surface area contributed by atoms with Gasteiger partial charge in [0, 0.05) is 6.54 Å². The lowest BCUT2D eigenvalue weighted by molar-refractivity contribution is 0.722.